The van der Waals surface area contributed by atoms with Crippen LogP contribution in [0.15, 0.2) is 42.7 Å². The molecule has 1 aromatic carbocycles. The molecular formula is C16H19N3. The van der Waals surface area contributed by atoms with Gasteiger partial charge in [0.1, 0.15) is 0 Å². The maximum atomic E-state index is 6.03. The normalized spacial score (nSPS) is 18.8. The molecule has 2 aromatic rings. The van der Waals surface area contributed by atoms with E-state index in [-0.39, 0.29) is 0 Å². The lowest BCUT2D eigenvalue weighted by atomic mass is 10.0. The first-order valence-electron chi connectivity index (χ1n) is 6.79. The molecule has 3 heteroatoms. The molecule has 0 aliphatic carbocycles. The van der Waals surface area contributed by atoms with Gasteiger partial charge in [0.05, 0.1) is 6.04 Å². The fourth-order valence-electron chi connectivity index (χ4n) is 2.93. The Bertz CT molecular complexity index is 565. The van der Waals surface area contributed by atoms with E-state index in [4.69, 9.17) is 5.73 Å². The minimum Gasteiger partial charge on any atom is -0.398 e. The Morgan fingerprint density at radius 3 is 2.95 bits per heavy atom. The molecular weight excluding hydrogens is 234 g/mol. The Morgan fingerprint density at radius 1 is 1.26 bits per heavy atom. The third-order valence-corrected chi connectivity index (χ3v) is 3.98. The average Bonchev–Trinajstić information content (AvgIpc) is 2.92. The van der Waals surface area contributed by atoms with Crippen molar-refractivity contribution < 1.29 is 0 Å². The molecule has 1 aliphatic rings. The molecule has 0 amide bonds. The van der Waals surface area contributed by atoms with Crippen molar-refractivity contribution in [1.29, 1.82) is 0 Å². The molecule has 0 radical (unpaired) electrons. The first-order valence-corrected chi connectivity index (χ1v) is 6.79. The standard InChI is InChI=1S/C16H19N3/c1-12-14(17)6-2-7-15(12)19-10-4-8-16(19)13-5-3-9-18-11-13/h2-3,5-7,9,11,16H,4,8,10,17H2,1H3. The van der Waals surface area contributed by atoms with Crippen LogP contribution in [0.3, 0.4) is 0 Å². The lowest BCUT2D eigenvalue weighted by Gasteiger charge is -2.29. The van der Waals surface area contributed by atoms with Crippen LogP contribution in [-0.2, 0) is 0 Å². The average molecular weight is 253 g/mol. The number of pyridine rings is 1. The third-order valence-electron chi connectivity index (χ3n) is 3.98. The molecule has 3 nitrogen and oxygen atoms in total. The van der Waals surface area contributed by atoms with Crippen LogP contribution in [0.1, 0.15) is 30.0 Å². The maximum Gasteiger partial charge on any atom is 0.0558 e. The number of nitrogens with two attached hydrogens (primary N) is 1. The van der Waals surface area contributed by atoms with E-state index in [9.17, 15) is 0 Å². The zero-order chi connectivity index (χ0) is 13.2. The van der Waals surface area contributed by atoms with Gasteiger partial charge in [-0.15, -0.1) is 0 Å². The van der Waals surface area contributed by atoms with Crippen molar-refractivity contribution in [3.63, 3.8) is 0 Å². The Hall–Kier alpha value is -2.03. The van der Waals surface area contributed by atoms with Gasteiger partial charge in [-0.1, -0.05) is 12.1 Å². The summed E-state index contributed by atoms with van der Waals surface area (Å²) in [6.07, 6.45) is 6.20. The van der Waals surface area contributed by atoms with Crippen molar-refractivity contribution >= 4 is 11.4 Å². The van der Waals surface area contributed by atoms with Crippen LogP contribution >= 0.6 is 0 Å². The highest BCUT2D eigenvalue weighted by molar-refractivity contribution is 5.65. The Labute approximate surface area is 114 Å². The van der Waals surface area contributed by atoms with Gasteiger partial charge in [-0.2, -0.15) is 0 Å². The van der Waals surface area contributed by atoms with Gasteiger partial charge in [-0.05, 0) is 49.1 Å². The molecule has 1 unspecified atom stereocenters. The molecule has 1 fully saturated rings. The quantitative estimate of drug-likeness (QED) is 0.835. The van der Waals surface area contributed by atoms with Crippen LogP contribution in [0, 0.1) is 6.92 Å². The molecule has 0 saturated carbocycles. The van der Waals surface area contributed by atoms with Crippen LogP contribution in [0.5, 0.6) is 0 Å². The monoisotopic (exact) mass is 253 g/mol. The second kappa shape index (κ2) is 4.92. The van der Waals surface area contributed by atoms with E-state index in [2.05, 4.69) is 28.9 Å². The summed E-state index contributed by atoms with van der Waals surface area (Å²) in [5.41, 5.74) is 10.6. The Kier molecular flexibility index (Phi) is 3.11. The Morgan fingerprint density at radius 2 is 2.16 bits per heavy atom. The van der Waals surface area contributed by atoms with E-state index in [0.29, 0.717) is 6.04 Å². The van der Waals surface area contributed by atoms with Gasteiger partial charge in [0, 0.05) is 30.3 Å². The maximum absolute atomic E-state index is 6.03. The summed E-state index contributed by atoms with van der Waals surface area (Å²) in [5, 5.41) is 0. The van der Waals surface area contributed by atoms with Crippen molar-refractivity contribution in [2.24, 2.45) is 0 Å². The third kappa shape index (κ3) is 2.16. The topological polar surface area (TPSA) is 42.1 Å². The van der Waals surface area contributed by atoms with Crippen LogP contribution in [0.25, 0.3) is 0 Å². The molecule has 1 aromatic heterocycles. The predicted octanol–water partition coefficient (Wildman–Crippen LogP) is 3.31. The van der Waals surface area contributed by atoms with Crippen molar-refractivity contribution in [2.75, 3.05) is 17.2 Å². The van der Waals surface area contributed by atoms with Gasteiger partial charge in [0.15, 0.2) is 0 Å². The van der Waals surface area contributed by atoms with Crippen molar-refractivity contribution in [2.45, 2.75) is 25.8 Å². The highest BCUT2D eigenvalue weighted by Crippen LogP contribution is 2.38. The van der Waals surface area contributed by atoms with Crippen LogP contribution in [0.4, 0.5) is 11.4 Å². The molecule has 3 rings (SSSR count). The van der Waals surface area contributed by atoms with Crippen molar-refractivity contribution in [1.82, 2.24) is 4.98 Å². The van der Waals surface area contributed by atoms with E-state index in [1.807, 2.05) is 30.6 Å². The summed E-state index contributed by atoms with van der Waals surface area (Å²) in [5.74, 6) is 0. The van der Waals surface area contributed by atoms with E-state index in [1.165, 1.54) is 29.7 Å². The SMILES string of the molecule is Cc1c(N)cccc1N1CCCC1c1cccnc1. The number of hydrogen-bond donors (Lipinski definition) is 1. The van der Waals surface area contributed by atoms with Crippen molar-refractivity contribution in [3.8, 4) is 0 Å². The number of benzene rings is 1. The summed E-state index contributed by atoms with van der Waals surface area (Å²) >= 11 is 0. The molecule has 2 N–H and O–H groups in total. The van der Waals surface area contributed by atoms with Crippen LogP contribution in [0.2, 0.25) is 0 Å². The van der Waals surface area contributed by atoms with Gasteiger partial charge in [0.25, 0.3) is 0 Å². The van der Waals surface area contributed by atoms with E-state index in [1.54, 1.807) is 0 Å². The first-order chi connectivity index (χ1) is 9.27. The molecule has 1 atom stereocenters. The summed E-state index contributed by atoms with van der Waals surface area (Å²) in [6.45, 7) is 3.19. The Balaban J connectivity index is 1.98. The van der Waals surface area contributed by atoms with Crippen molar-refractivity contribution in [3.05, 3.63) is 53.9 Å². The zero-order valence-corrected chi connectivity index (χ0v) is 11.2. The van der Waals surface area contributed by atoms with E-state index < -0.39 is 0 Å². The van der Waals surface area contributed by atoms with Gasteiger partial charge in [-0.3, -0.25) is 4.98 Å². The number of anilines is 2. The second-order valence-electron chi connectivity index (χ2n) is 5.13. The molecule has 98 valence electrons. The fraction of sp³-hybridized carbons (Fsp3) is 0.312. The van der Waals surface area contributed by atoms with Crippen LogP contribution < -0.4 is 10.6 Å². The lowest BCUT2D eigenvalue weighted by molar-refractivity contribution is 0.714. The van der Waals surface area contributed by atoms with E-state index in [0.717, 1.165) is 12.2 Å². The fourth-order valence-corrected chi connectivity index (χ4v) is 2.93. The molecule has 1 saturated heterocycles. The largest absolute Gasteiger partial charge is 0.398 e. The number of aromatic nitrogens is 1. The summed E-state index contributed by atoms with van der Waals surface area (Å²) in [4.78, 5) is 6.71. The highest BCUT2D eigenvalue weighted by atomic mass is 15.2. The highest BCUT2D eigenvalue weighted by Gasteiger charge is 2.27. The zero-order valence-electron chi connectivity index (χ0n) is 11.2. The number of nitrogen functional groups attached to an aromatic ring is 1. The van der Waals surface area contributed by atoms with Crippen LogP contribution in [-0.4, -0.2) is 11.5 Å². The van der Waals surface area contributed by atoms with E-state index >= 15 is 0 Å². The summed E-state index contributed by atoms with van der Waals surface area (Å²) in [7, 11) is 0. The number of rotatable bonds is 2. The molecule has 19 heavy (non-hydrogen) atoms. The van der Waals surface area contributed by atoms with Gasteiger partial charge >= 0.3 is 0 Å². The van der Waals surface area contributed by atoms with Gasteiger partial charge in [0.2, 0.25) is 0 Å². The minimum absolute atomic E-state index is 0.425. The molecule has 0 spiro atoms. The first kappa shape index (κ1) is 12.0. The molecule has 1 aliphatic heterocycles. The summed E-state index contributed by atoms with van der Waals surface area (Å²) < 4.78 is 0. The number of hydrogen-bond acceptors (Lipinski definition) is 3. The van der Waals surface area contributed by atoms with Gasteiger partial charge in [-0.25, -0.2) is 0 Å². The number of nitrogens with zero attached hydrogens (tertiary/aromatic N) is 2. The minimum atomic E-state index is 0.425. The summed E-state index contributed by atoms with van der Waals surface area (Å²) in [6, 6.07) is 10.8. The lowest BCUT2D eigenvalue weighted by Crippen LogP contribution is -2.23. The molecule has 2 heterocycles. The predicted molar refractivity (Wildman–Crippen MR) is 79.1 cm³/mol. The smallest absolute Gasteiger partial charge is 0.0558 e. The second-order valence-corrected chi connectivity index (χ2v) is 5.13. The molecule has 0 bridgehead atoms. The van der Waals surface area contributed by atoms with Gasteiger partial charge < -0.3 is 10.6 Å².